The SMILES string of the molecule is Cc1ccc(C(=O)Nc2nccc(-c3c(-c4cccc(C)c4)nc4cccnn34)n2)cc1. The van der Waals surface area contributed by atoms with Crippen molar-refractivity contribution in [1.82, 2.24) is 24.6 Å². The van der Waals surface area contributed by atoms with Gasteiger partial charge >= 0.3 is 0 Å². The van der Waals surface area contributed by atoms with Crippen LogP contribution in [0.5, 0.6) is 0 Å². The molecular formula is C25H20N6O. The van der Waals surface area contributed by atoms with Gasteiger partial charge in [-0.15, -0.1) is 0 Å². The lowest BCUT2D eigenvalue weighted by molar-refractivity contribution is 0.102. The first kappa shape index (κ1) is 19.6. The van der Waals surface area contributed by atoms with Crippen molar-refractivity contribution in [3.63, 3.8) is 0 Å². The van der Waals surface area contributed by atoms with Gasteiger partial charge in [0, 0.05) is 23.5 Å². The average Bonchev–Trinajstić information content (AvgIpc) is 3.19. The summed E-state index contributed by atoms with van der Waals surface area (Å²) in [6.07, 6.45) is 3.33. The van der Waals surface area contributed by atoms with E-state index in [4.69, 9.17) is 4.98 Å². The summed E-state index contributed by atoms with van der Waals surface area (Å²) in [5.41, 5.74) is 6.55. The third-order valence-corrected chi connectivity index (χ3v) is 5.12. The van der Waals surface area contributed by atoms with Crippen molar-refractivity contribution in [2.75, 3.05) is 5.32 Å². The highest BCUT2D eigenvalue weighted by Gasteiger charge is 2.19. The Kier molecular flexibility index (Phi) is 4.91. The first-order valence-corrected chi connectivity index (χ1v) is 10.2. The van der Waals surface area contributed by atoms with Gasteiger partial charge in [0.15, 0.2) is 5.65 Å². The highest BCUT2D eigenvalue weighted by molar-refractivity contribution is 6.03. The quantitative estimate of drug-likeness (QED) is 0.455. The molecule has 0 atom stereocenters. The Bertz CT molecular complexity index is 1440. The van der Waals surface area contributed by atoms with Crippen LogP contribution in [-0.4, -0.2) is 30.5 Å². The van der Waals surface area contributed by atoms with Gasteiger partial charge < -0.3 is 0 Å². The highest BCUT2D eigenvalue weighted by atomic mass is 16.1. The van der Waals surface area contributed by atoms with Gasteiger partial charge in [-0.05, 0) is 50.2 Å². The number of nitrogens with one attached hydrogen (secondary N) is 1. The summed E-state index contributed by atoms with van der Waals surface area (Å²) in [4.78, 5) is 26.3. The van der Waals surface area contributed by atoms with Crippen molar-refractivity contribution in [3.05, 3.63) is 95.8 Å². The largest absolute Gasteiger partial charge is 0.290 e. The number of aromatic nitrogens is 5. The van der Waals surface area contributed by atoms with Crippen LogP contribution in [0.15, 0.2) is 79.1 Å². The molecule has 0 radical (unpaired) electrons. The maximum absolute atomic E-state index is 12.6. The molecule has 0 fully saturated rings. The topological polar surface area (TPSA) is 85.1 Å². The normalized spacial score (nSPS) is 10.9. The average molecular weight is 420 g/mol. The minimum Gasteiger partial charge on any atom is -0.290 e. The van der Waals surface area contributed by atoms with Gasteiger partial charge in [0.2, 0.25) is 5.95 Å². The summed E-state index contributed by atoms with van der Waals surface area (Å²) in [5, 5.41) is 7.26. The molecule has 0 aliphatic rings. The molecule has 3 aromatic heterocycles. The minimum atomic E-state index is -0.266. The predicted octanol–water partition coefficient (Wildman–Crippen LogP) is 4.72. The van der Waals surface area contributed by atoms with Crippen LogP contribution in [0, 0.1) is 13.8 Å². The molecule has 1 amide bonds. The third kappa shape index (κ3) is 3.72. The van der Waals surface area contributed by atoms with Crippen LogP contribution < -0.4 is 5.32 Å². The summed E-state index contributed by atoms with van der Waals surface area (Å²) in [5.74, 6) is -0.0496. The molecule has 5 aromatic rings. The lowest BCUT2D eigenvalue weighted by atomic mass is 10.1. The summed E-state index contributed by atoms with van der Waals surface area (Å²) < 4.78 is 1.76. The maximum Gasteiger partial charge on any atom is 0.258 e. The second-order valence-electron chi connectivity index (χ2n) is 7.56. The fourth-order valence-corrected chi connectivity index (χ4v) is 3.54. The van der Waals surface area contributed by atoms with Crippen molar-refractivity contribution in [1.29, 1.82) is 0 Å². The summed E-state index contributed by atoms with van der Waals surface area (Å²) in [7, 11) is 0. The summed E-state index contributed by atoms with van der Waals surface area (Å²) in [6, 6.07) is 21.0. The van der Waals surface area contributed by atoms with Crippen LogP contribution in [0.4, 0.5) is 5.95 Å². The maximum atomic E-state index is 12.6. The molecule has 0 aliphatic carbocycles. The van der Waals surface area contributed by atoms with E-state index in [1.807, 2.05) is 56.3 Å². The zero-order valence-electron chi connectivity index (χ0n) is 17.6. The molecule has 156 valence electrons. The van der Waals surface area contributed by atoms with E-state index >= 15 is 0 Å². The Labute approximate surface area is 184 Å². The Balaban J connectivity index is 1.58. The van der Waals surface area contributed by atoms with Crippen LogP contribution in [0.25, 0.3) is 28.3 Å². The van der Waals surface area contributed by atoms with E-state index in [1.54, 1.807) is 35.1 Å². The van der Waals surface area contributed by atoms with Gasteiger partial charge in [0.1, 0.15) is 11.4 Å². The molecule has 7 heteroatoms. The Morgan fingerprint density at radius 1 is 0.875 bits per heavy atom. The van der Waals surface area contributed by atoms with Gasteiger partial charge in [0.05, 0.1) is 5.69 Å². The standard InChI is InChI=1S/C25H20N6O/c1-16-8-10-18(11-9-16)24(32)30-25-26-14-12-20(28-25)23-22(19-6-3-5-17(2)15-19)29-21-7-4-13-27-31(21)23/h3-15H,1-2H3,(H,26,28,30,32). The Hall–Kier alpha value is -4.39. The molecule has 1 N–H and O–H groups in total. The number of carbonyl (C=O) groups is 1. The molecule has 0 bridgehead atoms. The molecule has 0 saturated heterocycles. The first-order valence-electron chi connectivity index (χ1n) is 10.2. The van der Waals surface area contributed by atoms with Gasteiger partial charge in [-0.2, -0.15) is 5.10 Å². The zero-order chi connectivity index (χ0) is 22.1. The number of hydrogen-bond acceptors (Lipinski definition) is 5. The molecule has 0 unspecified atom stereocenters. The van der Waals surface area contributed by atoms with Gasteiger partial charge in [-0.3, -0.25) is 10.1 Å². The van der Waals surface area contributed by atoms with E-state index in [0.29, 0.717) is 16.9 Å². The zero-order valence-corrected chi connectivity index (χ0v) is 17.6. The number of imidazole rings is 1. The number of amides is 1. The lowest BCUT2D eigenvalue weighted by Crippen LogP contribution is -2.14. The van der Waals surface area contributed by atoms with Crippen molar-refractivity contribution in [2.45, 2.75) is 13.8 Å². The third-order valence-electron chi connectivity index (χ3n) is 5.12. The van der Waals surface area contributed by atoms with Crippen LogP contribution in [0.1, 0.15) is 21.5 Å². The highest BCUT2D eigenvalue weighted by Crippen LogP contribution is 2.31. The number of benzene rings is 2. The number of carbonyl (C=O) groups excluding carboxylic acids is 1. The van der Waals surface area contributed by atoms with Crippen molar-refractivity contribution >= 4 is 17.5 Å². The molecule has 2 aromatic carbocycles. The molecule has 3 heterocycles. The predicted molar refractivity (Wildman–Crippen MR) is 123 cm³/mol. The van der Waals surface area contributed by atoms with Crippen LogP contribution in [0.2, 0.25) is 0 Å². The van der Waals surface area contributed by atoms with Crippen LogP contribution >= 0.6 is 0 Å². The molecule has 0 saturated carbocycles. The lowest BCUT2D eigenvalue weighted by Gasteiger charge is -2.08. The van der Waals surface area contributed by atoms with E-state index in [0.717, 1.165) is 28.1 Å². The molecule has 0 aliphatic heterocycles. The molecule has 0 spiro atoms. The number of fused-ring (bicyclic) bond motifs is 1. The fraction of sp³-hybridized carbons (Fsp3) is 0.0800. The van der Waals surface area contributed by atoms with E-state index in [2.05, 4.69) is 26.4 Å². The van der Waals surface area contributed by atoms with Gasteiger partial charge in [-0.1, -0.05) is 41.5 Å². The Morgan fingerprint density at radius 2 is 1.72 bits per heavy atom. The number of anilines is 1. The van der Waals surface area contributed by atoms with E-state index < -0.39 is 0 Å². The minimum absolute atomic E-state index is 0.217. The molecule has 32 heavy (non-hydrogen) atoms. The van der Waals surface area contributed by atoms with E-state index in [9.17, 15) is 4.79 Å². The van der Waals surface area contributed by atoms with Crippen LogP contribution in [0.3, 0.4) is 0 Å². The van der Waals surface area contributed by atoms with Crippen LogP contribution in [-0.2, 0) is 0 Å². The first-order chi connectivity index (χ1) is 15.6. The van der Waals surface area contributed by atoms with Gasteiger partial charge in [0.25, 0.3) is 5.91 Å². The van der Waals surface area contributed by atoms with Crippen molar-refractivity contribution in [2.24, 2.45) is 0 Å². The molecule has 7 nitrogen and oxygen atoms in total. The van der Waals surface area contributed by atoms with E-state index in [1.165, 1.54) is 0 Å². The molecular weight excluding hydrogens is 400 g/mol. The second kappa shape index (κ2) is 8.03. The summed E-state index contributed by atoms with van der Waals surface area (Å²) >= 11 is 0. The molecule has 5 rings (SSSR count). The monoisotopic (exact) mass is 420 g/mol. The number of hydrogen-bond donors (Lipinski definition) is 1. The fourth-order valence-electron chi connectivity index (χ4n) is 3.54. The van der Waals surface area contributed by atoms with Crippen molar-refractivity contribution in [3.8, 4) is 22.6 Å². The van der Waals surface area contributed by atoms with E-state index in [-0.39, 0.29) is 11.9 Å². The van der Waals surface area contributed by atoms with Crippen molar-refractivity contribution < 1.29 is 4.79 Å². The number of nitrogens with zero attached hydrogens (tertiary/aromatic N) is 5. The number of aryl methyl sites for hydroxylation is 2. The summed E-state index contributed by atoms with van der Waals surface area (Å²) in [6.45, 7) is 4.02. The number of rotatable bonds is 4. The second-order valence-corrected chi connectivity index (χ2v) is 7.56. The smallest absolute Gasteiger partial charge is 0.258 e. The van der Waals surface area contributed by atoms with Gasteiger partial charge in [-0.25, -0.2) is 19.5 Å². The Morgan fingerprint density at radius 3 is 2.53 bits per heavy atom.